The SMILES string of the molecule is CC(C)(CO)C(=O)SCCOP(=O)(OCCSC(=O)C(C)(C)CO)OC1[C@@]2(CN=[N+]=[N-])O[C@@H](n3ccc(=O)[nH]c3=O)[C@H](F)[C@@]12O. The number of halogens is 1. The Bertz CT molecular complexity index is 1450. The molecule has 0 radical (unpaired) electrons. The van der Waals surface area contributed by atoms with Gasteiger partial charge in [-0.15, -0.1) is 0 Å². The summed E-state index contributed by atoms with van der Waals surface area (Å²) in [6.07, 6.45) is -5.11. The predicted octanol–water partition coefficient (Wildman–Crippen LogP) is 1.28. The molecule has 252 valence electrons. The maximum atomic E-state index is 15.8. The number of azide groups is 1. The van der Waals surface area contributed by atoms with Crippen LogP contribution in [0.5, 0.6) is 0 Å². The van der Waals surface area contributed by atoms with Gasteiger partial charge in [0, 0.05) is 28.7 Å². The van der Waals surface area contributed by atoms with Crippen molar-refractivity contribution >= 4 is 41.6 Å². The zero-order valence-electron chi connectivity index (χ0n) is 24.8. The average Bonchev–Trinajstić information content (AvgIpc) is 3.38. The highest BCUT2D eigenvalue weighted by Crippen LogP contribution is 2.69. The molecule has 1 aliphatic heterocycles. The van der Waals surface area contributed by atoms with E-state index in [1.807, 2.05) is 4.98 Å². The van der Waals surface area contributed by atoms with Gasteiger partial charge < -0.3 is 20.1 Å². The van der Waals surface area contributed by atoms with Crippen LogP contribution in [0.15, 0.2) is 27.0 Å². The largest absolute Gasteiger partial charge is 0.475 e. The van der Waals surface area contributed by atoms with Gasteiger partial charge in [-0.25, -0.2) is 13.8 Å². The smallest absolute Gasteiger partial charge is 0.395 e. The van der Waals surface area contributed by atoms with Crippen molar-refractivity contribution in [2.45, 2.75) is 57.4 Å². The molecule has 0 aromatic carbocycles. The van der Waals surface area contributed by atoms with Gasteiger partial charge in [-0.3, -0.25) is 37.5 Å². The molecule has 0 spiro atoms. The summed E-state index contributed by atoms with van der Waals surface area (Å²) in [5.74, 6) is -0.149. The third-order valence-corrected chi connectivity index (χ3v) is 11.0. The maximum absolute atomic E-state index is 15.8. The van der Waals surface area contributed by atoms with E-state index in [9.17, 15) is 39.1 Å². The molecule has 2 fully saturated rings. The van der Waals surface area contributed by atoms with Gasteiger partial charge in [0.05, 0.1) is 43.8 Å². The number of aromatic nitrogens is 2. The van der Waals surface area contributed by atoms with Crippen LogP contribution in [0, 0.1) is 10.8 Å². The van der Waals surface area contributed by atoms with Crippen molar-refractivity contribution in [3.63, 3.8) is 0 Å². The summed E-state index contributed by atoms with van der Waals surface area (Å²) in [6, 6.07) is 0.921. The van der Waals surface area contributed by atoms with E-state index in [2.05, 4.69) is 10.0 Å². The summed E-state index contributed by atoms with van der Waals surface area (Å²) < 4.78 is 52.2. The lowest BCUT2D eigenvalue weighted by Crippen LogP contribution is -2.40. The summed E-state index contributed by atoms with van der Waals surface area (Å²) >= 11 is 1.54. The van der Waals surface area contributed by atoms with E-state index in [1.165, 1.54) is 27.7 Å². The van der Waals surface area contributed by atoms with Crippen molar-refractivity contribution in [1.82, 2.24) is 9.55 Å². The molecule has 45 heavy (non-hydrogen) atoms. The van der Waals surface area contributed by atoms with Crippen LogP contribution < -0.4 is 11.2 Å². The number of nitrogens with one attached hydrogen (secondary N) is 1. The van der Waals surface area contributed by atoms with Gasteiger partial charge in [0.25, 0.3) is 5.56 Å². The summed E-state index contributed by atoms with van der Waals surface area (Å²) in [7, 11) is -4.74. The molecule has 2 heterocycles. The Kier molecular flexibility index (Phi) is 11.9. The molecule has 1 saturated carbocycles. The molecule has 21 heteroatoms. The Hall–Kier alpha value is -2.09. The van der Waals surface area contributed by atoms with Crippen molar-refractivity contribution in [3.8, 4) is 0 Å². The molecule has 17 nitrogen and oxygen atoms in total. The summed E-state index contributed by atoms with van der Waals surface area (Å²) in [6.45, 7) is 3.69. The van der Waals surface area contributed by atoms with E-state index in [0.29, 0.717) is 4.57 Å². The second-order valence-corrected chi connectivity index (χ2v) is 15.2. The third kappa shape index (κ3) is 7.73. The van der Waals surface area contributed by atoms with E-state index in [1.54, 1.807) is 0 Å². The Morgan fingerprint density at radius 2 is 1.69 bits per heavy atom. The van der Waals surface area contributed by atoms with Crippen LogP contribution in [0.4, 0.5) is 4.39 Å². The van der Waals surface area contributed by atoms with Crippen LogP contribution >= 0.6 is 31.3 Å². The molecule has 0 amide bonds. The number of carbonyl (C=O) groups excluding carboxylic acids is 2. The van der Waals surface area contributed by atoms with Gasteiger partial charge >= 0.3 is 13.5 Å². The lowest BCUT2D eigenvalue weighted by molar-refractivity contribution is -0.120. The minimum Gasteiger partial charge on any atom is -0.395 e. The molecule has 1 saturated heterocycles. The molecular formula is C24H35FN5O12PS2. The number of aromatic amines is 1. The number of thioether (sulfide) groups is 2. The fourth-order valence-corrected chi connectivity index (χ4v) is 7.47. The third-order valence-electron chi connectivity index (χ3n) is 7.18. The number of nitrogens with zero attached hydrogens (tertiary/aromatic N) is 4. The van der Waals surface area contributed by atoms with Crippen molar-refractivity contribution in [1.29, 1.82) is 0 Å². The Labute approximate surface area is 264 Å². The minimum atomic E-state index is -4.74. The number of rotatable bonds is 17. The number of hydrogen-bond acceptors (Lipinski definition) is 15. The summed E-state index contributed by atoms with van der Waals surface area (Å²) in [4.78, 5) is 52.9. The van der Waals surface area contributed by atoms with Gasteiger partial charge in [0.1, 0.15) is 11.7 Å². The van der Waals surface area contributed by atoms with Crippen LogP contribution in [0.1, 0.15) is 33.9 Å². The van der Waals surface area contributed by atoms with Gasteiger partial charge in [-0.05, 0) is 33.2 Å². The Morgan fingerprint density at radius 1 is 1.16 bits per heavy atom. The molecule has 1 aromatic heterocycles. The maximum Gasteiger partial charge on any atom is 0.475 e. The average molecular weight is 700 g/mol. The van der Waals surface area contributed by atoms with E-state index in [0.717, 1.165) is 35.8 Å². The molecule has 2 aliphatic rings. The predicted molar refractivity (Wildman–Crippen MR) is 159 cm³/mol. The highest BCUT2D eigenvalue weighted by Gasteiger charge is 2.90. The number of aliphatic hydroxyl groups is 3. The summed E-state index contributed by atoms with van der Waals surface area (Å²) in [5.41, 5.74) is 0.171. The first kappa shape index (κ1) is 37.4. The minimum absolute atomic E-state index is 0.0743. The number of ether oxygens (including phenoxy) is 1. The molecule has 5 atom stereocenters. The molecule has 1 aliphatic carbocycles. The van der Waals surface area contributed by atoms with E-state index in [-0.39, 0.29) is 21.7 Å². The normalized spacial score (nSPS) is 26.3. The van der Waals surface area contributed by atoms with Gasteiger partial charge in [-0.1, -0.05) is 28.6 Å². The Morgan fingerprint density at radius 3 is 2.16 bits per heavy atom. The molecule has 0 bridgehead atoms. The van der Waals surface area contributed by atoms with Gasteiger partial charge in [0.2, 0.25) is 0 Å². The fourth-order valence-electron chi connectivity index (χ4n) is 4.19. The first-order chi connectivity index (χ1) is 20.9. The monoisotopic (exact) mass is 699 g/mol. The number of aliphatic hydroxyl groups excluding tert-OH is 2. The van der Waals surface area contributed by atoms with E-state index < -0.39 is 92.6 Å². The molecule has 1 aromatic rings. The molecule has 1 unspecified atom stereocenters. The van der Waals surface area contributed by atoms with Gasteiger partial charge in [-0.2, -0.15) is 0 Å². The van der Waals surface area contributed by atoms with E-state index in [4.69, 9.17) is 23.8 Å². The highest BCUT2D eigenvalue weighted by atomic mass is 32.2. The van der Waals surface area contributed by atoms with E-state index >= 15 is 4.39 Å². The number of carbonyl (C=O) groups is 2. The fraction of sp³-hybridized carbons (Fsp3) is 0.750. The number of fused-ring (bicyclic) bond motifs is 1. The standard InChI is InChI=1S/C24H35FN5O12PS2/c1-21(2,12-31)18(34)44-9-7-39-43(38,40-8-10-45-19(35)22(3,4)13-32)42-17-23(11-27-29-26)24(17,37)15(25)16(41-23)30-6-5-14(33)28-20(30)36/h5-6,15-17,31-32,37H,7-13H2,1-4H3,(H,28,33,36)/t15-,16+,17?,23+,24+/m0/s1. The molecular weight excluding hydrogens is 664 g/mol. The quantitative estimate of drug-likeness (QED) is 0.0588. The second kappa shape index (κ2) is 14.4. The van der Waals surface area contributed by atoms with Crippen LogP contribution in [0.2, 0.25) is 0 Å². The lowest BCUT2D eigenvalue weighted by atomic mass is 9.97. The van der Waals surface area contributed by atoms with Crippen LogP contribution in [0.25, 0.3) is 10.4 Å². The van der Waals surface area contributed by atoms with Crippen molar-refractivity contribution in [3.05, 3.63) is 43.5 Å². The number of H-pyrrole nitrogens is 1. The van der Waals surface area contributed by atoms with Crippen molar-refractivity contribution in [2.24, 2.45) is 15.9 Å². The van der Waals surface area contributed by atoms with Crippen molar-refractivity contribution < 1.29 is 52.2 Å². The van der Waals surface area contributed by atoms with Crippen molar-refractivity contribution in [2.75, 3.05) is 44.5 Å². The first-order valence-electron chi connectivity index (χ1n) is 13.4. The second-order valence-electron chi connectivity index (χ2n) is 11.5. The number of hydrogen-bond donors (Lipinski definition) is 4. The first-order valence-corrected chi connectivity index (χ1v) is 16.9. The topological polar surface area (TPSA) is 252 Å². The number of phosphoric ester groups is 1. The number of alkyl halides is 1. The van der Waals surface area contributed by atoms with Gasteiger partial charge in [0.15, 0.2) is 28.2 Å². The zero-order valence-corrected chi connectivity index (χ0v) is 27.3. The lowest BCUT2D eigenvalue weighted by Gasteiger charge is -2.25. The van der Waals surface area contributed by atoms with Crippen LogP contribution in [-0.2, 0) is 32.5 Å². The number of phosphoric acid groups is 1. The van der Waals surface area contributed by atoms with Crippen LogP contribution in [0.3, 0.4) is 0 Å². The molecule has 4 N–H and O–H groups in total. The zero-order chi connectivity index (χ0) is 33.8. The summed E-state index contributed by atoms with van der Waals surface area (Å²) in [5, 5.41) is 32.7. The molecule has 3 rings (SSSR count). The Balaban J connectivity index is 1.80. The highest BCUT2D eigenvalue weighted by molar-refractivity contribution is 8.14. The van der Waals surface area contributed by atoms with Crippen LogP contribution in [-0.4, -0.2) is 103 Å².